The summed E-state index contributed by atoms with van der Waals surface area (Å²) < 4.78 is 1.28. The Bertz CT molecular complexity index is 1670. The van der Waals surface area contributed by atoms with Gasteiger partial charge in [0.05, 0.1) is 11.1 Å². The Morgan fingerprint density at radius 2 is 1.72 bits per heavy atom. The molecular weight excluding hydrogens is 466 g/mol. The molecule has 5 aromatic rings. The Kier molecular flexibility index (Phi) is 4.13. The molecule has 0 unspecified atom stereocenters. The van der Waals surface area contributed by atoms with E-state index in [2.05, 4.69) is 4.98 Å². The Labute approximate surface area is 193 Å². The number of rotatable bonds is 2. The number of thiazole rings is 1. The lowest BCUT2D eigenvalue weighted by Crippen LogP contribution is -2.31. The molecule has 0 spiro atoms. The van der Waals surface area contributed by atoms with E-state index in [1.807, 2.05) is 37.3 Å². The van der Waals surface area contributed by atoms with Gasteiger partial charge in [-0.05, 0) is 30.7 Å². The van der Waals surface area contributed by atoms with Crippen molar-refractivity contribution in [2.24, 2.45) is 0 Å². The predicted molar refractivity (Wildman–Crippen MR) is 127 cm³/mol. The molecular formula is C23H12ClN3O3S2. The first-order valence-electron chi connectivity index (χ1n) is 9.64. The molecule has 6 nitrogen and oxygen atoms in total. The summed E-state index contributed by atoms with van der Waals surface area (Å²) in [5.74, 6) is -1.04. The normalized spacial score (nSPS) is 13.5. The van der Waals surface area contributed by atoms with E-state index in [4.69, 9.17) is 11.6 Å². The van der Waals surface area contributed by atoms with Crippen molar-refractivity contribution in [2.75, 3.05) is 4.90 Å². The maximum atomic E-state index is 13.7. The molecule has 0 saturated carbocycles. The summed E-state index contributed by atoms with van der Waals surface area (Å²) in [6.07, 6.45) is 0. The van der Waals surface area contributed by atoms with Crippen LogP contribution in [0.25, 0.3) is 26.3 Å². The monoisotopic (exact) mass is 477 g/mol. The minimum absolute atomic E-state index is 0.0530. The van der Waals surface area contributed by atoms with E-state index in [0.29, 0.717) is 25.9 Å². The molecule has 3 aromatic heterocycles. The first-order chi connectivity index (χ1) is 15.5. The van der Waals surface area contributed by atoms with Crippen LogP contribution in [-0.4, -0.2) is 21.2 Å². The fourth-order valence-corrected chi connectivity index (χ4v) is 6.41. The average molecular weight is 478 g/mol. The van der Waals surface area contributed by atoms with Crippen molar-refractivity contribution in [3.8, 4) is 11.1 Å². The van der Waals surface area contributed by atoms with Gasteiger partial charge >= 0.3 is 0 Å². The van der Waals surface area contributed by atoms with Gasteiger partial charge in [-0.1, -0.05) is 59.3 Å². The fraction of sp³-hybridized carbons (Fsp3) is 0.0435. The molecule has 2 amide bonds. The number of carbonyl (C=O) groups excluding carboxylic acids is 2. The molecule has 0 bridgehead atoms. The van der Waals surface area contributed by atoms with Crippen LogP contribution in [0.5, 0.6) is 0 Å². The number of thiophene rings is 1. The summed E-state index contributed by atoms with van der Waals surface area (Å²) in [4.78, 5) is 47.9. The second kappa shape index (κ2) is 6.83. The van der Waals surface area contributed by atoms with Crippen LogP contribution < -0.4 is 10.5 Å². The molecule has 0 radical (unpaired) electrons. The number of halogens is 1. The Hall–Kier alpha value is -3.33. The molecule has 0 fully saturated rings. The number of hydrogen-bond donors (Lipinski definition) is 0. The summed E-state index contributed by atoms with van der Waals surface area (Å²) in [7, 11) is 0. The Balaban J connectivity index is 1.63. The second-order valence-electron chi connectivity index (χ2n) is 7.32. The number of aryl methyl sites for hydroxylation is 1. The summed E-state index contributed by atoms with van der Waals surface area (Å²) >= 11 is 8.54. The largest absolute Gasteiger partial charge is 0.284 e. The Morgan fingerprint density at radius 1 is 0.938 bits per heavy atom. The quantitative estimate of drug-likeness (QED) is 0.319. The highest BCUT2D eigenvalue weighted by Gasteiger charge is 2.42. The summed E-state index contributed by atoms with van der Waals surface area (Å²) in [6, 6.07) is 16.1. The molecule has 1 aliphatic rings. The first kappa shape index (κ1) is 19.4. The van der Waals surface area contributed by atoms with Gasteiger partial charge in [0, 0.05) is 15.5 Å². The maximum Gasteiger partial charge on any atom is 0.284 e. The van der Waals surface area contributed by atoms with Crippen LogP contribution >= 0.6 is 34.3 Å². The minimum Gasteiger partial charge on any atom is -0.268 e. The van der Waals surface area contributed by atoms with E-state index in [1.165, 1.54) is 15.7 Å². The third-order valence-electron chi connectivity index (χ3n) is 5.44. The number of benzene rings is 2. The topological polar surface area (TPSA) is 71.8 Å². The van der Waals surface area contributed by atoms with Gasteiger partial charge < -0.3 is 0 Å². The van der Waals surface area contributed by atoms with Crippen LogP contribution in [0.1, 0.15) is 25.0 Å². The molecule has 0 saturated heterocycles. The molecule has 0 N–H and O–H groups in total. The lowest BCUT2D eigenvalue weighted by molar-refractivity contribution is 0.0925. The van der Waals surface area contributed by atoms with E-state index in [1.54, 1.807) is 24.3 Å². The number of anilines is 1. The van der Waals surface area contributed by atoms with Crippen LogP contribution in [0.2, 0.25) is 5.02 Å². The maximum absolute atomic E-state index is 13.7. The van der Waals surface area contributed by atoms with Gasteiger partial charge in [0.1, 0.15) is 15.4 Å². The molecule has 0 atom stereocenters. The van der Waals surface area contributed by atoms with Crippen molar-refractivity contribution in [1.29, 1.82) is 0 Å². The molecule has 6 rings (SSSR count). The van der Waals surface area contributed by atoms with Crippen molar-refractivity contribution in [1.82, 2.24) is 9.38 Å². The van der Waals surface area contributed by atoms with Gasteiger partial charge in [0.15, 0.2) is 4.96 Å². The van der Waals surface area contributed by atoms with Crippen LogP contribution in [-0.2, 0) is 0 Å². The average Bonchev–Trinajstić information content (AvgIpc) is 3.39. The number of carbonyl (C=O) groups is 2. The van der Waals surface area contributed by atoms with Crippen LogP contribution in [0.15, 0.2) is 59.4 Å². The van der Waals surface area contributed by atoms with Crippen molar-refractivity contribution in [3.63, 3.8) is 0 Å². The van der Waals surface area contributed by atoms with E-state index in [0.717, 1.165) is 32.2 Å². The number of hydrogen-bond acceptors (Lipinski definition) is 6. The lowest BCUT2D eigenvalue weighted by Gasteiger charge is -2.14. The molecule has 156 valence electrons. The standard InChI is InChI=1S/C23H12ClN3O3S2/c1-11-15(12-6-3-2-4-7-12)16-19(31-11)25-23-27(20(16)28)17-18(32-23)22(30)26(21(17)29)14-9-5-8-13(24)10-14/h2-10H,1H3. The van der Waals surface area contributed by atoms with Crippen molar-refractivity contribution >= 4 is 67.0 Å². The lowest BCUT2D eigenvalue weighted by atomic mass is 10.0. The zero-order chi connectivity index (χ0) is 22.1. The smallest absolute Gasteiger partial charge is 0.268 e. The third-order valence-corrected chi connectivity index (χ3v) is 7.70. The van der Waals surface area contributed by atoms with Gasteiger partial charge in [0.2, 0.25) is 0 Å². The van der Waals surface area contributed by atoms with E-state index in [9.17, 15) is 14.4 Å². The van der Waals surface area contributed by atoms with Gasteiger partial charge in [-0.25, -0.2) is 14.3 Å². The summed E-state index contributed by atoms with van der Waals surface area (Å²) in [5.41, 5.74) is 1.78. The molecule has 4 heterocycles. The van der Waals surface area contributed by atoms with Crippen molar-refractivity contribution < 1.29 is 9.59 Å². The summed E-state index contributed by atoms with van der Waals surface area (Å²) in [6.45, 7) is 1.95. The fourth-order valence-electron chi connectivity index (χ4n) is 4.09. The summed E-state index contributed by atoms with van der Waals surface area (Å²) in [5, 5.41) is 0.864. The molecule has 2 aromatic carbocycles. The molecule has 0 aliphatic carbocycles. The van der Waals surface area contributed by atoms with Crippen LogP contribution in [0.3, 0.4) is 0 Å². The number of aromatic nitrogens is 2. The van der Waals surface area contributed by atoms with E-state index >= 15 is 0 Å². The van der Waals surface area contributed by atoms with Gasteiger partial charge in [-0.2, -0.15) is 0 Å². The van der Waals surface area contributed by atoms with E-state index in [-0.39, 0.29) is 16.1 Å². The van der Waals surface area contributed by atoms with Crippen molar-refractivity contribution in [3.05, 3.63) is 85.4 Å². The predicted octanol–water partition coefficient (Wildman–Crippen LogP) is 5.40. The van der Waals surface area contributed by atoms with Gasteiger partial charge in [-0.3, -0.25) is 14.4 Å². The van der Waals surface area contributed by atoms with Gasteiger partial charge in [-0.15, -0.1) is 11.3 Å². The highest BCUT2D eigenvalue weighted by Crippen LogP contribution is 2.38. The van der Waals surface area contributed by atoms with Crippen molar-refractivity contribution in [2.45, 2.75) is 6.92 Å². The number of fused-ring (bicyclic) bond motifs is 4. The van der Waals surface area contributed by atoms with Crippen LogP contribution in [0, 0.1) is 6.92 Å². The highest BCUT2D eigenvalue weighted by molar-refractivity contribution is 7.21. The highest BCUT2D eigenvalue weighted by atomic mass is 35.5. The Morgan fingerprint density at radius 3 is 2.47 bits per heavy atom. The van der Waals surface area contributed by atoms with E-state index < -0.39 is 11.8 Å². The zero-order valence-electron chi connectivity index (χ0n) is 16.5. The molecule has 32 heavy (non-hydrogen) atoms. The van der Waals surface area contributed by atoms with Gasteiger partial charge in [0.25, 0.3) is 17.4 Å². The first-order valence-corrected chi connectivity index (χ1v) is 11.6. The number of nitrogens with zero attached hydrogens (tertiary/aromatic N) is 3. The number of amides is 2. The zero-order valence-corrected chi connectivity index (χ0v) is 18.8. The minimum atomic E-state index is -0.560. The SMILES string of the molecule is Cc1sc2nc3sc4c(n3c(=O)c2c1-c1ccccc1)C(=O)N(c1cccc(Cl)c1)C4=O. The molecule has 9 heteroatoms. The molecule has 1 aliphatic heterocycles. The number of imide groups is 1. The third kappa shape index (κ3) is 2.57. The second-order valence-corrected chi connectivity index (χ2v) is 9.94. The van der Waals surface area contributed by atoms with Crippen LogP contribution in [0.4, 0.5) is 5.69 Å².